The Morgan fingerprint density at radius 1 is 1.10 bits per heavy atom. The van der Waals surface area contributed by atoms with E-state index < -0.39 is 23.6 Å². The third-order valence-electron chi connectivity index (χ3n) is 4.70. The summed E-state index contributed by atoms with van der Waals surface area (Å²) < 4.78 is 26.0. The van der Waals surface area contributed by atoms with Crippen LogP contribution in [-0.4, -0.2) is 46.2 Å². The molecule has 0 spiro atoms. The van der Waals surface area contributed by atoms with Crippen LogP contribution in [-0.2, 0) is 9.53 Å². The van der Waals surface area contributed by atoms with Crippen LogP contribution in [0.15, 0.2) is 59.8 Å². The van der Waals surface area contributed by atoms with E-state index in [0.29, 0.717) is 5.75 Å². The first-order chi connectivity index (χ1) is 14.5. The van der Waals surface area contributed by atoms with Crippen molar-refractivity contribution in [2.24, 2.45) is 0 Å². The highest BCUT2D eigenvalue weighted by atomic mass is 19.1. The van der Waals surface area contributed by atoms with Gasteiger partial charge >= 0.3 is 5.97 Å². The Hall–Kier alpha value is -4.08. The molecule has 0 bridgehead atoms. The molecule has 2 aromatic carbocycles. The van der Waals surface area contributed by atoms with Crippen molar-refractivity contribution >= 4 is 17.7 Å². The molecule has 0 radical (unpaired) electrons. The summed E-state index contributed by atoms with van der Waals surface area (Å²) in [6, 6.07) is 11.2. The number of allylic oxidation sites excluding steroid dienone is 1. The van der Waals surface area contributed by atoms with Crippen LogP contribution >= 0.6 is 0 Å². The summed E-state index contributed by atoms with van der Waals surface area (Å²) in [5, 5.41) is 14.0. The quantitative estimate of drug-likeness (QED) is 0.504. The molecule has 0 unspecified atom stereocenters. The molecule has 0 saturated heterocycles. The molecule has 152 valence electrons. The number of nitrogens with one attached hydrogen (secondary N) is 1. The largest absolute Gasteiger partial charge is 0.497 e. The molecule has 9 nitrogen and oxygen atoms in total. The molecule has 1 atom stereocenters. The van der Waals surface area contributed by atoms with E-state index in [1.54, 1.807) is 30.3 Å². The number of aromatic nitrogens is 4. The molecule has 30 heavy (non-hydrogen) atoms. The van der Waals surface area contributed by atoms with Gasteiger partial charge < -0.3 is 14.8 Å². The fourth-order valence-electron chi connectivity index (χ4n) is 3.27. The van der Waals surface area contributed by atoms with Crippen molar-refractivity contribution in [2.45, 2.75) is 6.04 Å². The van der Waals surface area contributed by atoms with E-state index >= 15 is 0 Å². The van der Waals surface area contributed by atoms with Crippen molar-refractivity contribution in [1.29, 1.82) is 0 Å². The van der Waals surface area contributed by atoms with Gasteiger partial charge in [-0.05, 0) is 40.8 Å². The zero-order valence-corrected chi connectivity index (χ0v) is 16.0. The summed E-state index contributed by atoms with van der Waals surface area (Å²) in [5.74, 6) is -1.25. The van der Waals surface area contributed by atoms with Crippen LogP contribution in [0.1, 0.15) is 22.0 Å². The normalized spacial score (nSPS) is 15.2. The average Bonchev–Trinajstić information content (AvgIpc) is 3.26. The Labute approximate surface area is 170 Å². The van der Waals surface area contributed by atoms with Gasteiger partial charge in [-0.25, -0.2) is 9.18 Å². The van der Waals surface area contributed by atoms with Gasteiger partial charge in [0.05, 0.1) is 19.8 Å². The number of benzene rings is 2. The van der Waals surface area contributed by atoms with Crippen LogP contribution in [0.4, 0.5) is 10.3 Å². The second-order valence-electron chi connectivity index (χ2n) is 6.33. The Balaban J connectivity index is 1.94. The lowest BCUT2D eigenvalue weighted by Crippen LogP contribution is -2.33. The maximum atomic E-state index is 14.8. The molecule has 0 fully saturated rings. The third-order valence-corrected chi connectivity index (χ3v) is 4.70. The second kappa shape index (κ2) is 7.74. The topological polar surface area (TPSA) is 108 Å². The zero-order valence-electron chi connectivity index (χ0n) is 16.0. The number of tetrazole rings is 1. The summed E-state index contributed by atoms with van der Waals surface area (Å²) in [4.78, 5) is 26.0. The van der Waals surface area contributed by atoms with Crippen LogP contribution in [0, 0.1) is 5.82 Å². The summed E-state index contributed by atoms with van der Waals surface area (Å²) in [6.45, 7) is 0. The standard InChI is InChI=1S/C20H16FN5O4/c1-29-12-9-7-11(8-10-12)18(27)15-16(19(28)30-2)22-20-23-24-25-26(20)17(15)13-5-3-4-6-14(13)21/h3-10,17H,1-2H3,(H,22,23,25)/t17-/m0/s1. The molecular formula is C20H16FN5O4. The first kappa shape index (κ1) is 19.2. The van der Waals surface area contributed by atoms with Crippen molar-refractivity contribution < 1.29 is 23.5 Å². The van der Waals surface area contributed by atoms with Crippen LogP contribution in [0.25, 0.3) is 0 Å². The molecule has 1 aliphatic rings. The molecule has 1 aliphatic heterocycles. The van der Waals surface area contributed by atoms with Crippen LogP contribution < -0.4 is 10.1 Å². The van der Waals surface area contributed by atoms with Gasteiger partial charge in [0.2, 0.25) is 5.95 Å². The fourth-order valence-corrected chi connectivity index (χ4v) is 3.27. The molecule has 0 saturated carbocycles. The number of ketones is 1. The molecule has 4 rings (SSSR count). The van der Waals surface area contributed by atoms with E-state index in [9.17, 15) is 14.0 Å². The Bertz CT molecular complexity index is 1160. The molecular weight excluding hydrogens is 393 g/mol. The lowest BCUT2D eigenvalue weighted by Gasteiger charge is -2.28. The second-order valence-corrected chi connectivity index (χ2v) is 6.33. The maximum Gasteiger partial charge on any atom is 0.355 e. The van der Waals surface area contributed by atoms with E-state index in [1.165, 1.54) is 37.1 Å². The SMILES string of the molecule is COC(=O)C1=C(C(=O)c2ccc(OC)cc2)[C@H](c2ccccc2F)n2nnnc2N1. The van der Waals surface area contributed by atoms with E-state index in [4.69, 9.17) is 9.47 Å². The number of anilines is 1. The van der Waals surface area contributed by atoms with Gasteiger partial charge in [-0.15, -0.1) is 0 Å². The lowest BCUT2D eigenvalue weighted by atomic mass is 9.89. The van der Waals surface area contributed by atoms with Gasteiger partial charge in [0.1, 0.15) is 23.3 Å². The van der Waals surface area contributed by atoms with Crippen LogP contribution in [0.2, 0.25) is 0 Å². The average molecular weight is 409 g/mol. The van der Waals surface area contributed by atoms with E-state index in [-0.39, 0.29) is 28.3 Å². The van der Waals surface area contributed by atoms with E-state index in [2.05, 4.69) is 20.8 Å². The van der Waals surface area contributed by atoms with E-state index in [1.807, 2.05) is 0 Å². The number of rotatable bonds is 5. The smallest absolute Gasteiger partial charge is 0.355 e. The van der Waals surface area contributed by atoms with Crippen LogP contribution in [0.3, 0.4) is 0 Å². The Kier molecular flexibility index (Phi) is 4.97. The summed E-state index contributed by atoms with van der Waals surface area (Å²) in [6.07, 6.45) is 0. The van der Waals surface area contributed by atoms with Crippen molar-refractivity contribution in [3.05, 3.63) is 76.7 Å². The summed E-state index contributed by atoms with van der Waals surface area (Å²) in [7, 11) is 2.69. The number of hydrogen-bond donors (Lipinski definition) is 1. The minimum absolute atomic E-state index is 0.0445. The van der Waals surface area contributed by atoms with Crippen molar-refractivity contribution in [3.8, 4) is 5.75 Å². The number of halogens is 1. The predicted octanol–water partition coefficient (Wildman–Crippen LogP) is 2.15. The molecule has 1 aromatic heterocycles. The van der Waals surface area contributed by atoms with Gasteiger partial charge in [0.15, 0.2) is 5.78 Å². The highest BCUT2D eigenvalue weighted by molar-refractivity contribution is 6.15. The fraction of sp³-hybridized carbons (Fsp3) is 0.150. The number of carbonyl (C=O) groups is 2. The number of methoxy groups -OCH3 is 2. The molecule has 10 heteroatoms. The summed E-state index contributed by atoms with van der Waals surface area (Å²) >= 11 is 0. The molecule has 3 aromatic rings. The van der Waals surface area contributed by atoms with Gasteiger partial charge in [-0.1, -0.05) is 23.3 Å². The number of carbonyl (C=O) groups excluding carboxylic acids is 2. The Morgan fingerprint density at radius 2 is 1.83 bits per heavy atom. The number of ether oxygens (including phenoxy) is 2. The van der Waals surface area contributed by atoms with Gasteiger partial charge in [-0.2, -0.15) is 4.68 Å². The third kappa shape index (κ3) is 3.17. The number of nitrogens with zero attached hydrogens (tertiary/aromatic N) is 4. The Morgan fingerprint density at radius 3 is 2.50 bits per heavy atom. The number of Topliss-reactive ketones (excluding diaryl/α,β-unsaturated/α-hetero) is 1. The first-order valence-corrected chi connectivity index (χ1v) is 8.85. The van der Waals surface area contributed by atoms with E-state index in [0.717, 1.165) is 0 Å². The highest BCUT2D eigenvalue weighted by Gasteiger charge is 2.39. The monoisotopic (exact) mass is 409 g/mol. The van der Waals surface area contributed by atoms with Gasteiger partial charge in [0.25, 0.3) is 0 Å². The van der Waals surface area contributed by atoms with Crippen molar-refractivity contribution in [3.63, 3.8) is 0 Å². The number of esters is 1. The van der Waals surface area contributed by atoms with Crippen molar-refractivity contribution in [2.75, 3.05) is 19.5 Å². The number of fused-ring (bicyclic) bond motifs is 1. The summed E-state index contributed by atoms with van der Waals surface area (Å²) in [5.41, 5.74) is 0.198. The molecule has 1 N–H and O–H groups in total. The van der Waals surface area contributed by atoms with Crippen molar-refractivity contribution in [1.82, 2.24) is 20.2 Å². The highest BCUT2D eigenvalue weighted by Crippen LogP contribution is 2.37. The minimum atomic E-state index is -1.08. The maximum absolute atomic E-state index is 14.8. The van der Waals surface area contributed by atoms with Crippen LogP contribution in [0.5, 0.6) is 5.75 Å². The first-order valence-electron chi connectivity index (χ1n) is 8.85. The molecule has 0 amide bonds. The predicted molar refractivity (Wildman–Crippen MR) is 102 cm³/mol. The number of hydrogen-bond acceptors (Lipinski definition) is 8. The minimum Gasteiger partial charge on any atom is -0.497 e. The van der Waals surface area contributed by atoms with Gasteiger partial charge in [0, 0.05) is 11.1 Å². The molecule has 2 heterocycles. The molecule has 0 aliphatic carbocycles. The van der Waals surface area contributed by atoms with Gasteiger partial charge in [-0.3, -0.25) is 4.79 Å². The zero-order chi connectivity index (χ0) is 21.3. The lowest BCUT2D eigenvalue weighted by molar-refractivity contribution is -0.136.